The van der Waals surface area contributed by atoms with Crippen molar-refractivity contribution in [1.29, 1.82) is 0 Å². The second kappa shape index (κ2) is 5.24. The van der Waals surface area contributed by atoms with Crippen molar-refractivity contribution in [1.82, 2.24) is 0 Å². The molecule has 0 radical (unpaired) electrons. The van der Waals surface area contributed by atoms with Crippen molar-refractivity contribution in [3.8, 4) is 0 Å². The normalized spacial score (nSPS) is 43.0. The molecule has 4 saturated carbocycles. The summed E-state index contributed by atoms with van der Waals surface area (Å²) in [6.45, 7) is 7.03. The molecule has 4 atom stereocenters. The molecular formula is C24H31NO. The minimum absolute atomic E-state index is 0.0191. The van der Waals surface area contributed by atoms with Crippen LogP contribution in [0.4, 0.5) is 0 Å². The number of benzene rings is 1. The summed E-state index contributed by atoms with van der Waals surface area (Å²) >= 11 is 0. The number of nitrogens with two attached hydrogens (primary N) is 1. The van der Waals surface area contributed by atoms with Gasteiger partial charge in [0, 0.05) is 5.92 Å². The largest absolute Gasteiger partial charge is 0.369 e. The number of rotatable bonds is 3. The second-order valence-corrected chi connectivity index (χ2v) is 9.81. The Morgan fingerprint density at radius 3 is 2.42 bits per heavy atom. The lowest BCUT2D eigenvalue weighted by atomic mass is 9.36. The highest BCUT2D eigenvalue weighted by molar-refractivity contribution is 5.85. The Bertz CT molecular complexity index is 807. The minimum atomic E-state index is -0.315. The predicted molar refractivity (Wildman–Crippen MR) is 105 cm³/mol. The smallest absolute Gasteiger partial charge is 0.224 e. The highest BCUT2D eigenvalue weighted by Crippen LogP contribution is 2.74. The van der Waals surface area contributed by atoms with Crippen LogP contribution in [0.15, 0.2) is 29.8 Å². The molecule has 4 unspecified atom stereocenters. The lowest BCUT2D eigenvalue weighted by molar-refractivity contribution is -0.186. The van der Waals surface area contributed by atoms with Crippen LogP contribution in [0.5, 0.6) is 0 Å². The van der Waals surface area contributed by atoms with Gasteiger partial charge in [-0.2, -0.15) is 0 Å². The van der Waals surface area contributed by atoms with E-state index in [4.69, 9.17) is 5.73 Å². The SMILES string of the molecule is CCC1=C(C)C(C2(C)C3CC4CC(C3)CC2(C(N)=O)C4)c2ccccc21. The van der Waals surface area contributed by atoms with Gasteiger partial charge in [0.2, 0.25) is 5.91 Å². The second-order valence-electron chi connectivity index (χ2n) is 9.81. The molecule has 6 rings (SSSR count). The molecule has 0 heterocycles. The number of amides is 1. The molecule has 5 aliphatic rings. The van der Waals surface area contributed by atoms with E-state index >= 15 is 0 Å². The van der Waals surface area contributed by atoms with E-state index in [0.29, 0.717) is 11.8 Å². The van der Waals surface area contributed by atoms with Crippen LogP contribution in [0.2, 0.25) is 0 Å². The number of allylic oxidation sites excluding steroid dienone is 2. The molecule has 138 valence electrons. The van der Waals surface area contributed by atoms with E-state index < -0.39 is 0 Å². The molecule has 0 aromatic heterocycles. The summed E-state index contributed by atoms with van der Waals surface area (Å²) in [6.07, 6.45) is 7.05. The number of primary amides is 1. The summed E-state index contributed by atoms with van der Waals surface area (Å²) < 4.78 is 0. The van der Waals surface area contributed by atoms with Crippen molar-refractivity contribution in [2.75, 3.05) is 0 Å². The lowest BCUT2D eigenvalue weighted by Gasteiger charge is -2.67. The maximum Gasteiger partial charge on any atom is 0.224 e. The Kier molecular flexibility index (Phi) is 3.34. The lowest BCUT2D eigenvalue weighted by Crippen LogP contribution is -2.65. The molecule has 4 bridgehead atoms. The first-order valence-corrected chi connectivity index (χ1v) is 10.5. The van der Waals surface area contributed by atoms with Crippen LogP contribution in [0.3, 0.4) is 0 Å². The monoisotopic (exact) mass is 349 g/mol. The molecule has 2 nitrogen and oxygen atoms in total. The molecule has 0 saturated heterocycles. The Hall–Kier alpha value is -1.57. The Balaban J connectivity index is 1.74. The third-order valence-electron chi connectivity index (χ3n) is 8.99. The molecular weight excluding hydrogens is 318 g/mol. The van der Waals surface area contributed by atoms with E-state index in [-0.39, 0.29) is 16.7 Å². The quantitative estimate of drug-likeness (QED) is 0.792. The van der Waals surface area contributed by atoms with Crippen molar-refractivity contribution in [2.24, 2.45) is 34.3 Å². The zero-order valence-corrected chi connectivity index (χ0v) is 16.3. The maximum atomic E-state index is 13.0. The first-order chi connectivity index (χ1) is 12.4. The zero-order chi connectivity index (χ0) is 18.3. The van der Waals surface area contributed by atoms with Crippen LogP contribution in [0, 0.1) is 28.6 Å². The van der Waals surface area contributed by atoms with E-state index in [2.05, 4.69) is 45.0 Å². The molecule has 5 aliphatic carbocycles. The average molecular weight is 350 g/mol. The fourth-order valence-electron chi connectivity index (χ4n) is 8.15. The number of hydrogen-bond donors (Lipinski definition) is 1. The van der Waals surface area contributed by atoms with Crippen molar-refractivity contribution >= 4 is 11.5 Å². The van der Waals surface area contributed by atoms with E-state index in [9.17, 15) is 4.79 Å². The van der Waals surface area contributed by atoms with Gasteiger partial charge in [0.05, 0.1) is 5.41 Å². The molecule has 1 aromatic carbocycles. The van der Waals surface area contributed by atoms with Gasteiger partial charge in [-0.1, -0.05) is 43.7 Å². The van der Waals surface area contributed by atoms with Gasteiger partial charge < -0.3 is 5.73 Å². The molecule has 1 aromatic rings. The van der Waals surface area contributed by atoms with Gasteiger partial charge in [-0.05, 0) is 85.3 Å². The number of hydrogen-bond acceptors (Lipinski definition) is 1. The summed E-state index contributed by atoms with van der Waals surface area (Å²) in [5.41, 5.74) is 11.7. The first-order valence-electron chi connectivity index (χ1n) is 10.5. The van der Waals surface area contributed by atoms with Gasteiger partial charge in [-0.15, -0.1) is 0 Å². The van der Waals surface area contributed by atoms with Crippen LogP contribution in [-0.4, -0.2) is 5.91 Å². The number of carbonyl (C=O) groups is 1. The van der Waals surface area contributed by atoms with E-state index in [0.717, 1.165) is 31.1 Å². The number of carbonyl (C=O) groups excluding carboxylic acids is 1. The summed E-state index contributed by atoms with van der Waals surface area (Å²) in [7, 11) is 0. The topological polar surface area (TPSA) is 43.1 Å². The van der Waals surface area contributed by atoms with Gasteiger partial charge in [0.15, 0.2) is 0 Å². The minimum Gasteiger partial charge on any atom is -0.369 e. The first kappa shape index (κ1) is 16.6. The van der Waals surface area contributed by atoms with Gasteiger partial charge in [0.25, 0.3) is 0 Å². The van der Waals surface area contributed by atoms with Crippen molar-refractivity contribution in [3.05, 3.63) is 41.0 Å². The van der Waals surface area contributed by atoms with Crippen LogP contribution in [0.1, 0.15) is 76.3 Å². The van der Waals surface area contributed by atoms with Crippen LogP contribution < -0.4 is 5.73 Å². The summed E-state index contributed by atoms with van der Waals surface area (Å²) in [5.74, 6) is 2.41. The van der Waals surface area contributed by atoms with Crippen molar-refractivity contribution < 1.29 is 4.79 Å². The Labute approximate surface area is 157 Å². The predicted octanol–water partition coefficient (Wildman–Crippen LogP) is 5.29. The molecule has 0 spiro atoms. The highest BCUT2D eigenvalue weighted by atomic mass is 16.1. The summed E-state index contributed by atoms with van der Waals surface area (Å²) in [5, 5.41) is 0. The van der Waals surface area contributed by atoms with Crippen molar-refractivity contribution in [3.63, 3.8) is 0 Å². The highest BCUT2D eigenvalue weighted by Gasteiger charge is 2.69. The third-order valence-corrected chi connectivity index (χ3v) is 8.99. The average Bonchev–Trinajstić information content (AvgIpc) is 2.90. The standard InChI is InChI=1S/C24H31NO/c1-4-18-14(2)21(20-8-6-5-7-19(18)20)23(3)17-10-15-9-16(11-17)13-24(23,12-15)22(25)26/h5-8,15-17,21H,4,9-13H2,1-3H3,(H2,25,26). The summed E-state index contributed by atoms with van der Waals surface area (Å²) in [6, 6.07) is 8.94. The summed E-state index contributed by atoms with van der Waals surface area (Å²) in [4.78, 5) is 13.0. The molecule has 2 N–H and O–H groups in total. The Morgan fingerprint density at radius 2 is 1.81 bits per heavy atom. The fourth-order valence-corrected chi connectivity index (χ4v) is 8.15. The van der Waals surface area contributed by atoms with Gasteiger partial charge in [0.1, 0.15) is 0 Å². The van der Waals surface area contributed by atoms with E-state index in [1.165, 1.54) is 41.5 Å². The molecule has 1 amide bonds. The van der Waals surface area contributed by atoms with Gasteiger partial charge >= 0.3 is 0 Å². The zero-order valence-electron chi connectivity index (χ0n) is 16.3. The van der Waals surface area contributed by atoms with Crippen LogP contribution in [-0.2, 0) is 4.79 Å². The van der Waals surface area contributed by atoms with Gasteiger partial charge in [-0.25, -0.2) is 0 Å². The molecule has 0 aliphatic heterocycles. The van der Waals surface area contributed by atoms with Crippen LogP contribution in [0.25, 0.3) is 5.57 Å². The van der Waals surface area contributed by atoms with E-state index in [1.54, 1.807) is 0 Å². The number of fused-ring (bicyclic) bond motifs is 1. The fraction of sp³-hybridized carbons (Fsp3) is 0.625. The van der Waals surface area contributed by atoms with E-state index in [1.807, 2.05) is 0 Å². The van der Waals surface area contributed by atoms with Crippen LogP contribution >= 0.6 is 0 Å². The van der Waals surface area contributed by atoms with Gasteiger partial charge in [-0.3, -0.25) is 4.79 Å². The molecule has 4 fully saturated rings. The van der Waals surface area contributed by atoms with Crippen molar-refractivity contribution in [2.45, 2.75) is 65.2 Å². The third kappa shape index (κ3) is 1.76. The molecule has 2 heteroatoms. The maximum absolute atomic E-state index is 13.0. The Morgan fingerprint density at radius 1 is 1.15 bits per heavy atom. The molecule has 26 heavy (non-hydrogen) atoms.